The molecule has 110 valence electrons. The number of rotatable bonds is 2. The Morgan fingerprint density at radius 2 is 2.14 bits per heavy atom. The average Bonchev–Trinajstić information content (AvgIpc) is 2.51. The van der Waals surface area contributed by atoms with Gasteiger partial charge in [-0.3, -0.25) is 9.78 Å². The molecular weight excluding hydrogens is 290 g/mol. The van der Waals surface area contributed by atoms with Gasteiger partial charge in [0.25, 0.3) is 5.56 Å². The molecule has 2 aromatic heterocycles. The van der Waals surface area contributed by atoms with E-state index in [2.05, 4.69) is 27.2 Å². The van der Waals surface area contributed by atoms with Crippen LogP contribution in [0.3, 0.4) is 0 Å². The van der Waals surface area contributed by atoms with E-state index >= 15 is 0 Å². The predicted octanol–water partition coefficient (Wildman–Crippen LogP) is 1.28. The summed E-state index contributed by atoms with van der Waals surface area (Å²) >= 11 is 6.15. The van der Waals surface area contributed by atoms with E-state index in [1.54, 1.807) is 24.5 Å². The van der Waals surface area contributed by atoms with Gasteiger partial charge >= 0.3 is 0 Å². The topological polar surface area (TPSA) is 73.9 Å². The van der Waals surface area contributed by atoms with Crippen LogP contribution >= 0.6 is 11.6 Å². The van der Waals surface area contributed by atoms with Crippen molar-refractivity contribution >= 4 is 17.4 Å². The zero-order valence-electron chi connectivity index (χ0n) is 11.6. The van der Waals surface area contributed by atoms with Gasteiger partial charge in [0, 0.05) is 43.6 Å². The van der Waals surface area contributed by atoms with Crippen molar-refractivity contribution in [1.82, 2.24) is 20.3 Å². The van der Waals surface area contributed by atoms with Gasteiger partial charge in [0.1, 0.15) is 10.8 Å². The van der Waals surface area contributed by atoms with Crippen LogP contribution in [0.15, 0.2) is 29.3 Å². The van der Waals surface area contributed by atoms with E-state index in [1.165, 1.54) is 0 Å². The molecule has 1 atom stereocenters. The lowest BCUT2D eigenvalue weighted by Gasteiger charge is -2.33. The Labute approximate surface area is 127 Å². The van der Waals surface area contributed by atoms with Crippen molar-refractivity contribution in [2.75, 3.05) is 24.5 Å². The minimum Gasteiger partial charge on any atom is -0.352 e. The number of aromatic nitrogens is 3. The molecule has 0 amide bonds. The first-order chi connectivity index (χ1) is 10.1. The number of hydrogen-bond donors (Lipinski definition) is 2. The number of aromatic amines is 1. The normalized spacial score (nSPS) is 18.8. The Kier molecular flexibility index (Phi) is 3.90. The van der Waals surface area contributed by atoms with Crippen LogP contribution in [-0.2, 0) is 0 Å². The van der Waals surface area contributed by atoms with Crippen molar-refractivity contribution in [1.29, 1.82) is 0 Å². The van der Waals surface area contributed by atoms with Crippen molar-refractivity contribution in [3.8, 4) is 11.4 Å². The maximum Gasteiger partial charge on any atom is 0.272 e. The number of piperazine rings is 1. The second kappa shape index (κ2) is 5.83. The molecule has 1 saturated heterocycles. The molecule has 0 aromatic carbocycles. The number of pyridine rings is 1. The van der Waals surface area contributed by atoms with Gasteiger partial charge in [-0.2, -0.15) is 0 Å². The second-order valence-electron chi connectivity index (χ2n) is 5.09. The van der Waals surface area contributed by atoms with Crippen LogP contribution in [0.5, 0.6) is 0 Å². The van der Waals surface area contributed by atoms with Gasteiger partial charge in [-0.1, -0.05) is 11.6 Å². The van der Waals surface area contributed by atoms with Crippen LogP contribution in [0.1, 0.15) is 6.92 Å². The van der Waals surface area contributed by atoms with Crippen LogP contribution in [0.25, 0.3) is 11.4 Å². The van der Waals surface area contributed by atoms with Gasteiger partial charge in [-0.05, 0) is 19.1 Å². The van der Waals surface area contributed by atoms with E-state index < -0.39 is 0 Å². The zero-order valence-corrected chi connectivity index (χ0v) is 12.4. The monoisotopic (exact) mass is 305 g/mol. The van der Waals surface area contributed by atoms with Gasteiger partial charge in [-0.25, -0.2) is 4.98 Å². The highest BCUT2D eigenvalue weighted by Crippen LogP contribution is 2.23. The van der Waals surface area contributed by atoms with Gasteiger partial charge in [-0.15, -0.1) is 0 Å². The largest absolute Gasteiger partial charge is 0.352 e. The molecule has 21 heavy (non-hydrogen) atoms. The van der Waals surface area contributed by atoms with Gasteiger partial charge < -0.3 is 15.2 Å². The first-order valence-corrected chi connectivity index (χ1v) is 7.21. The minimum atomic E-state index is -0.320. The number of H-pyrrole nitrogens is 1. The molecule has 0 bridgehead atoms. The SMILES string of the molecule is C[C@@H]1CN(c2nc(-c3ccncc3)[nH]c(=O)c2Cl)CCN1. The van der Waals surface area contributed by atoms with Gasteiger partial charge in [0.2, 0.25) is 0 Å². The summed E-state index contributed by atoms with van der Waals surface area (Å²) in [5.41, 5.74) is 0.489. The number of halogens is 1. The molecule has 7 heteroatoms. The van der Waals surface area contributed by atoms with E-state index in [1.807, 2.05) is 4.90 Å². The molecule has 3 heterocycles. The fourth-order valence-corrected chi connectivity index (χ4v) is 2.64. The van der Waals surface area contributed by atoms with Crippen molar-refractivity contribution < 1.29 is 0 Å². The molecular formula is C14H16ClN5O. The summed E-state index contributed by atoms with van der Waals surface area (Å²) in [6.45, 7) is 4.48. The third kappa shape index (κ3) is 2.91. The van der Waals surface area contributed by atoms with E-state index in [0.717, 1.165) is 25.2 Å². The van der Waals surface area contributed by atoms with Crippen molar-refractivity contribution in [2.45, 2.75) is 13.0 Å². The van der Waals surface area contributed by atoms with E-state index in [4.69, 9.17) is 11.6 Å². The molecule has 0 spiro atoms. The summed E-state index contributed by atoms with van der Waals surface area (Å²) in [6, 6.07) is 3.94. The van der Waals surface area contributed by atoms with Crippen molar-refractivity contribution in [3.05, 3.63) is 39.9 Å². The standard InChI is InChI=1S/C14H16ClN5O/c1-9-8-20(7-6-17-9)13-11(15)14(21)19-12(18-13)10-2-4-16-5-3-10/h2-5,9,17H,6-8H2,1H3,(H,18,19,21)/t9-/m1/s1. The van der Waals surface area contributed by atoms with Gasteiger partial charge in [0.15, 0.2) is 5.82 Å². The highest BCUT2D eigenvalue weighted by Gasteiger charge is 2.21. The highest BCUT2D eigenvalue weighted by molar-refractivity contribution is 6.32. The molecule has 1 aliphatic heterocycles. The smallest absolute Gasteiger partial charge is 0.272 e. The molecule has 1 aliphatic rings. The zero-order chi connectivity index (χ0) is 14.8. The summed E-state index contributed by atoms with van der Waals surface area (Å²) < 4.78 is 0. The van der Waals surface area contributed by atoms with Crippen LogP contribution in [0.4, 0.5) is 5.82 Å². The molecule has 0 unspecified atom stereocenters. The Morgan fingerprint density at radius 3 is 2.86 bits per heavy atom. The Morgan fingerprint density at radius 1 is 1.38 bits per heavy atom. The number of nitrogens with one attached hydrogen (secondary N) is 2. The van der Waals surface area contributed by atoms with E-state index in [9.17, 15) is 4.79 Å². The first-order valence-electron chi connectivity index (χ1n) is 6.83. The first kappa shape index (κ1) is 14.0. The third-order valence-electron chi connectivity index (χ3n) is 3.47. The highest BCUT2D eigenvalue weighted by atomic mass is 35.5. The quantitative estimate of drug-likeness (QED) is 0.874. The molecule has 3 rings (SSSR count). The summed E-state index contributed by atoms with van der Waals surface area (Å²) in [7, 11) is 0. The summed E-state index contributed by atoms with van der Waals surface area (Å²) in [6.07, 6.45) is 3.33. The maximum atomic E-state index is 12.1. The number of anilines is 1. The van der Waals surface area contributed by atoms with Gasteiger partial charge in [0.05, 0.1) is 0 Å². The lowest BCUT2D eigenvalue weighted by atomic mass is 10.2. The lowest BCUT2D eigenvalue weighted by Crippen LogP contribution is -2.50. The fraction of sp³-hybridized carbons (Fsp3) is 0.357. The fourth-order valence-electron chi connectivity index (χ4n) is 2.43. The minimum absolute atomic E-state index is 0.141. The Balaban J connectivity index is 2.04. The lowest BCUT2D eigenvalue weighted by molar-refractivity contribution is 0.482. The molecule has 6 nitrogen and oxygen atoms in total. The second-order valence-corrected chi connectivity index (χ2v) is 5.47. The van der Waals surface area contributed by atoms with Crippen LogP contribution < -0.4 is 15.8 Å². The molecule has 1 fully saturated rings. The molecule has 0 aliphatic carbocycles. The summed E-state index contributed by atoms with van der Waals surface area (Å²) in [5, 5.41) is 3.50. The molecule has 0 saturated carbocycles. The number of nitrogens with zero attached hydrogens (tertiary/aromatic N) is 3. The average molecular weight is 306 g/mol. The predicted molar refractivity (Wildman–Crippen MR) is 82.8 cm³/mol. The maximum absolute atomic E-state index is 12.1. The van der Waals surface area contributed by atoms with Crippen molar-refractivity contribution in [2.24, 2.45) is 0 Å². The Hall–Kier alpha value is -1.92. The van der Waals surface area contributed by atoms with E-state index in [-0.39, 0.29) is 10.6 Å². The van der Waals surface area contributed by atoms with Crippen LogP contribution in [-0.4, -0.2) is 40.6 Å². The Bertz CT molecular complexity index is 688. The molecule has 0 radical (unpaired) electrons. The molecule has 2 N–H and O–H groups in total. The molecule has 2 aromatic rings. The third-order valence-corrected chi connectivity index (χ3v) is 3.81. The van der Waals surface area contributed by atoms with E-state index in [0.29, 0.717) is 17.7 Å². The van der Waals surface area contributed by atoms with Crippen LogP contribution in [0, 0.1) is 0 Å². The summed E-state index contributed by atoms with van der Waals surface area (Å²) in [4.78, 5) is 25.3. The number of hydrogen-bond acceptors (Lipinski definition) is 5. The summed E-state index contributed by atoms with van der Waals surface area (Å²) in [5.74, 6) is 1.05. The van der Waals surface area contributed by atoms with Crippen molar-refractivity contribution in [3.63, 3.8) is 0 Å². The van der Waals surface area contributed by atoms with Crippen LogP contribution in [0.2, 0.25) is 5.02 Å².